The van der Waals surface area contributed by atoms with Crippen molar-refractivity contribution >= 4 is 0 Å². The lowest BCUT2D eigenvalue weighted by molar-refractivity contribution is 0.124. The van der Waals surface area contributed by atoms with Gasteiger partial charge in [-0.1, -0.05) is 133 Å². The molecule has 218 valence electrons. The van der Waals surface area contributed by atoms with Gasteiger partial charge in [0.2, 0.25) is 0 Å². The lowest BCUT2D eigenvalue weighted by Crippen LogP contribution is -2.31. The predicted octanol–water partition coefficient (Wildman–Crippen LogP) is 7.94. The molecule has 0 aromatic heterocycles. The maximum atomic E-state index is 12.9. The second kappa shape index (κ2) is 12.2. The van der Waals surface area contributed by atoms with Crippen molar-refractivity contribution < 1.29 is 19.7 Å². The third-order valence-corrected chi connectivity index (χ3v) is 8.32. The van der Waals surface area contributed by atoms with Gasteiger partial charge in [0.15, 0.2) is 0 Å². The van der Waals surface area contributed by atoms with Crippen LogP contribution in [0.4, 0.5) is 0 Å². The molecule has 4 nitrogen and oxygen atoms in total. The van der Waals surface area contributed by atoms with Crippen LogP contribution in [0.5, 0.6) is 11.5 Å². The van der Waals surface area contributed by atoms with Gasteiger partial charge in [0.1, 0.15) is 22.7 Å². The van der Waals surface area contributed by atoms with E-state index in [1.54, 1.807) is 14.2 Å². The van der Waals surface area contributed by atoms with Gasteiger partial charge in [-0.2, -0.15) is 0 Å². The summed E-state index contributed by atoms with van der Waals surface area (Å²) >= 11 is 0. The van der Waals surface area contributed by atoms with Crippen LogP contribution < -0.4 is 9.47 Å². The molecule has 0 spiro atoms. The number of rotatable bonds is 9. The molecule has 2 N–H and O–H groups in total. The normalized spacial score (nSPS) is 13.8. The lowest BCUT2D eigenvalue weighted by Gasteiger charge is -2.35. The molecule has 0 amide bonds. The monoisotopic (exact) mass is 578 g/mol. The Labute approximate surface area is 258 Å². The minimum Gasteiger partial charge on any atom is -0.497 e. The van der Waals surface area contributed by atoms with Crippen molar-refractivity contribution in [1.29, 1.82) is 0 Å². The summed E-state index contributed by atoms with van der Waals surface area (Å²) < 4.78 is 10.8. The van der Waals surface area contributed by atoms with E-state index in [-0.39, 0.29) is 0 Å². The van der Waals surface area contributed by atoms with E-state index in [1.165, 1.54) is 0 Å². The third-order valence-electron chi connectivity index (χ3n) is 8.32. The number of hydrogen-bond acceptors (Lipinski definition) is 4. The van der Waals surface area contributed by atoms with Crippen molar-refractivity contribution in [2.24, 2.45) is 0 Å². The van der Waals surface area contributed by atoms with E-state index in [4.69, 9.17) is 9.47 Å². The second-order valence-corrected chi connectivity index (χ2v) is 10.7. The molecule has 6 aromatic carbocycles. The van der Waals surface area contributed by atoms with Crippen LogP contribution in [0.2, 0.25) is 0 Å². The summed E-state index contributed by atoms with van der Waals surface area (Å²) in [7, 11) is 3.25. The van der Waals surface area contributed by atoms with Gasteiger partial charge in [0.25, 0.3) is 0 Å². The Kier molecular flexibility index (Phi) is 8.03. The van der Waals surface area contributed by atoms with Gasteiger partial charge in [-0.3, -0.25) is 0 Å². The highest BCUT2D eigenvalue weighted by molar-refractivity contribution is 5.76. The first-order valence-corrected chi connectivity index (χ1v) is 14.5. The Morgan fingerprint density at radius 3 is 1.00 bits per heavy atom. The molecule has 44 heavy (non-hydrogen) atoms. The molecule has 6 aromatic rings. The van der Waals surface area contributed by atoms with E-state index in [0.29, 0.717) is 33.8 Å². The molecule has 0 aliphatic heterocycles. The zero-order valence-electron chi connectivity index (χ0n) is 24.7. The first-order chi connectivity index (χ1) is 21.5. The summed E-state index contributed by atoms with van der Waals surface area (Å²) in [5.74, 6) is 1.41. The molecule has 0 radical (unpaired) electrons. The van der Waals surface area contributed by atoms with E-state index in [1.807, 2.05) is 158 Å². The highest BCUT2D eigenvalue weighted by Gasteiger charge is 2.39. The summed E-state index contributed by atoms with van der Waals surface area (Å²) in [4.78, 5) is 0. The van der Waals surface area contributed by atoms with Crippen LogP contribution in [0, 0.1) is 0 Å². The van der Waals surface area contributed by atoms with Gasteiger partial charge >= 0.3 is 0 Å². The molecule has 4 heteroatoms. The van der Waals surface area contributed by atoms with Crippen molar-refractivity contribution in [2.75, 3.05) is 14.2 Å². The smallest absolute Gasteiger partial charge is 0.141 e. The molecule has 0 fully saturated rings. The summed E-state index contributed by atoms with van der Waals surface area (Å²) in [6.07, 6.45) is 0. The number of methoxy groups -OCH3 is 2. The number of hydrogen-bond donors (Lipinski definition) is 2. The van der Waals surface area contributed by atoms with Crippen molar-refractivity contribution in [2.45, 2.75) is 11.2 Å². The molecular formula is C40H34O4. The topological polar surface area (TPSA) is 58.9 Å². The van der Waals surface area contributed by atoms with E-state index < -0.39 is 11.2 Å². The van der Waals surface area contributed by atoms with E-state index in [2.05, 4.69) is 0 Å². The molecule has 0 heterocycles. The molecule has 0 bridgehead atoms. The molecule has 0 aliphatic rings. The Bertz CT molecular complexity index is 1700. The summed E-state index contributed by atoms with van der Waals surface area (Å²) in [6.45, 7) is 0. The largest absolute Gasteiger partial charge is 0.497 e. The van der Waals surface area contributed by atoms with Gasteiger partial charge in [-0.05, 0) is 57.6 Å². The van der Waals surface area contributed by atoms with Crippen molar-refractivity contribution in [3.05, 3.63) is 191 Å². The van der Waals surface area contributed by atoms with Crippen LogP contribution in [0.15, 0.2) is 158 Å². The van der Waals surface area contributed by atoms with E-state index in [0.717, 1.165) is 22.3 Å². The predicted molar refractivity (Wildman–Crippen MR) is 175 cm³/mol. The molecule has 0 saturated heterocycles. The first kappa shape index (κ1) is 28.9. The van der Waals surface area contributed by atoms with Crippen LogP contribution in [0.25, 0.3) is 11.1 Å². The summed E-state index contributed by atoms with van der Waals surface area (Å²) in [5, 5.41) is 25.8. The zero-order chi connectivity index (χ0) is 30.6. The number of aliphatic hydroxyl groups is 2. The highest BCUT2D eigenvalue weighted by Crippen LogP contribution is 2.46. The van der Waals surface area contributed by atoms with Gasteiger partial charge < -0.3 is 19.7 Å². The van der Waals surface area contributed by atoms with Gasteiger partial charge in [0, 0.05) is 11.1 Å². The molecule has 2 atom stereocenters. The van der Waals surface area contributed by atoms with Gasteiger partial charge in [-0.15, -0.1) is 0 Å². The Morgan fingerprint density at radius 2 is 0.659 bits per heavy atom. The Balaban J connectivity index is 1.62. The molecule has 0 aliphatic carbocycles. The average Bonchev–Trinajstić information content (AvgIpc) is 3.11. The van der Waals surface area contributed by atoms with Gasteiger partial charge in [0.05, 0.1) is 14.2 Å². The Morgan fingerprint density at radius 1 is 0.364 bits per heavy atom. The molecular weight excluding hydrogens is 544 g/mol. The fraction of sp³-hybridized carbons (Fsp3) is 0.100. The van der Waals surface area contributed by atoms with Crippen LogP contribution >= 0.6 is 0 Å². The Hall–Kier alpha value is -5.16. The van der Waals surface area contributed by atoms with Crippen LogP contribution in [0.3, 0.4) is 0 Å². The van der Waals surface area contributed by atoms with E-state index in [9.17, 15) is 10.2 Å². The fourth-order valence-corrected chi connectivity index (χ4v) is 6.05. The maximum Gasteiger partial charge on any atom is 0.141 e. The van der Waals surface area contributed by atoms with Crippen molar-refractivity contribution in [1.82, 2.24) is 0 Å². The first-order valence-electron chi connectivity index (χ1n) is 14.5. The maximum absolute atomic E-state index is 12.9. The third kappa shape index (κ3) is 5.05. The highest BCUT2D eigenvalue weighted by atomic mass is 16.5. The van der Waals surface area contributed by atoms with Crippen LogP contribution in [0.1, 0.15) is 33.4 Å². The second-order valence-electron chi connectivity index (χ2n) is 10.7. The molecule has 0 unspecified atom stereocenters. The quantitative estimate of drug-likeness (QED) is 0.171. The average molecular weight is 579 g/mol. The lowest BCUT2D eigenvalue weighted by atomic mass is 9.73. The summed E-state index contributed by atoms with van der Waals surface area (Å²) in [5.41, 5.74) is 2.80. The summed E-state index contributed by atoms with van der Waals surface area (Å²) in [6, 6.07) is 50.1. The van der Waals surface area contributed by atoms with Crippen LogP contribution in [-0.4, -0.2) is 24.4 Å². The number of benzene rings is 6. The van der Waals surface area contributed by atoms with Crippen molar-refractivity contribution in [3.63, 3.8) is 0 Å². The SMILES string of the molecule is COc1ccc([C@@](O)(c2ccccc2)c2ccccc2-c2ccccc2[C@](O)(c2ccccc2)c2ccc(OC)cc2)cc1. The zero-order valence-corrected chi connectivity index (χ0v) is 24.7. The van der Waals surface area contributed by atoms with E-state index >= 15 is 0 Å². The van der Waals surface area contributed by atoms with Gasteiger partial charge in [-0.25, -0.2) is 0 Å². The van der Waals surface area contributed by atoms with Crippen molar-refractivity contribution in [3.8, 4) is 22.6 Å². The van der Waals surface area contributed by atoms with Crippen LogP contribution in [-0.2, 0) is 11.2 Å². The fourth-order valence-electron chi connectivity index (χ4n) is 6.05. The minimum atomic E-state index is -1.51. The molecule has 6 rings (SSSR count). The molecule has 0 saturated carbocycles. The minimum absolute atomic E-state index is 0.689. The number of ether oxygens (including phenoxy) is 2. The standard InChI is InChI=1S/C40H34O4/c1-43-33-25-21-31(22-26-33)39(41,29-13-5-3-6-14-29)37-19-11-9-17-35(37)36-18-10-12-20-38(36)40(42,30-15-7-4-8-16-30)32-23-27-34(44-2)28-24-32/h3-28,41-42H,1-2H3/t39-,40-/m0/s1.